The zero-order valence-corrected chi connectivity index (χ0v) is 21.3. The van der Waals surface area contributed by atoms with E-state index >= 15 is 0 Å². The molecule has 4 aromatic rings. The van der Waals surface area contributed by atoms with Crippen LogP contribution in [0.15, 0.2) is 30.6 Å². The Balaban J connectivity index is 1.45. The Kier molecular flexibility index (Phi) is 5.45. The average molecular weight is 528 g/mol. The largest absolute Gasteiger partial charge is 0.338 e. The SMILES string of the molecule is Cc1nc2nc(N3CCS(=O)(=O)[C@@H](c4cnn(C5CC5)c4)C3)nc(-c3ccc(Cl)cc3F)c2nc1C. The van der Waals surface area contributed by atoms with Crippen LogP contribution in [-0.4, -0.2) is 57.0 Å². The summed E-state index contributed by atoms with van der Waals surface area (Å²) in [4.78, 5) is 20.3. The van der Waals surface area contributed by atoms with Crippen LogP contribution in [0.1, 0.15) is 41.1 Å². The van der Waals surface area contributed by atoms with Gasteiger partial charge < -0.3 is 4.90 Å². The average Bonchev–Trinajstić information content (AvgIpc) is 3.56. The molecule has 1 atom stereocenters. The topological polar surface area (TPSA) is 107 Å². The van der Waals surface area contributed by atoms with Crippen molar-refractivity contribution in [3.8, 4) is 11.3 Å². The molecule has 3 aromatic heterocycles. The lowest BCUT2D eigenvalue weighted by Gasteiger charge is -2.32. The number of nitrogens with zero attached hydrogens (tertiary/aromatic N) is 7. The van der Waals surface area contributed by atoms with Crippen LogP contribution in [0.2, 0.25) is 5.02 Å². The first-order valence-electron chi connectivity index (χ1n) is 11.7. The summed E-state index contributed by atoms with van der Waals surface area (Å²) in [5, 5.41) is 3.88. The third-order valence-corrected chi connectivity index (χ3v) is 9.05. The van der Waals surface area contributed by atoms with Gasteiger partial charge in [-0.3, -0.25) is 4.68 Å². The number of aryl methyl sites for hydroxylation is 2. The second-order valence-corrected chi connectivity index (χ2v) is 12.1. The predicted molar refractivity (Wildman–Crippen MR) is 134 cm³/mol. The van der Waals surface area contributed by atoms with E-state index in [9.17, 15) is 12.8 Å². The molecule has 1 saturated carbocycles. The molecule has 2 aliphatic rings. The molecule has 0 unspecified atom stereocenters. The fourth-order valence-corrected chi connectivity index (χ4v) is 6.31. The number of hydrogen-bond donors (Lipinski definition) is 0. The van der Waals surface area contributed by atoms with Crippen molar-refractivity contribution in [2.24, 2.45) is 0 Å². The number of rotatable bonds is 4. The molecule has 186 valence electrons. The van der Waals surface area contributed by atoms with Crippen molar-refractivity contribution < 1.29 is 12.8 Å². The van der Waals surface area contributed by atoms with Crippen LogP contribution in [-0.2, 0) is 9.84 Å². The van der Waals surface area contributed by atoms with Gasteiger partial charge in [0.25, 0.3) is 0 Å². The van der Waals surface area contributed by atoms with Crippen molar-refractivity contribution in [1.82, 2.24) is 29.7 Å². The maximum Gasteiger partial charge on any atom is 0.228 e. The Morgan fingerprint density at radius 1 is 1.08 bits per heavy atom. The summed E-state index contributed by atoms with van der Waals surface area (Å²) in [5.74, 6) is -0.323. The highest BCUT2D eigenvalue weighted by atomic mass is 35.5. The zero-order chi connectivity index (χ0) is 25.2. The first-order valence-corrected chi connectivity index (χ1v) is 13.8. The van der Waals surface area contributed by atoms with Gasteiger partial charge in [-0.1, -0.05) is 11.6 Å². The number of halogens is 2. The molecule has 0 amide bonds. The number of benzene rings is 1. The van der Waals surface area contributed by atoms with Gasteiger partial charge in [-0.15, -0.1) is 0 Å². The lowest BCUT2D eigenvalue weighted by Crippen LogP contribution is -2.43. The Hall–Kier alpha value is -3.18. The summed E-state index contributed by atoms with van der Waals surface area (Å²) >= 11 is 5.98. The first kappa shape index (κ1) is 23.2. The number of hydrogen-bond acceptors (Lipinski definition) is 8. The van der Waals surface area contributed by atoms with E-state index in [4.69, 9.17) is 11.6 Å². The summed E-state index contributed by atoms with van der Waals surface area (Å²) < 4.78 is 42.9. The number of aromatic nitrogens is 6. The molecule has 12 heteroatoms. The van der Waals surface area contributed by atoms with Crippen molar-refractivity contribution in [2.45, 2.75) is 38.0 Å². The van der Waals surface area contributed by atoms with Gasteiger partial charge in [-0.05, 0) is 44.9 Å². The van der Waals surface area contributed by atoms with Crippen molar-refractivity contribution in [1.29, 1.82) is 0 Å². The van der Waals surface area contributed by atoms with E-state index in [0.29, 0.717) is 34.2 Å². The molecule has 1 aliphatic heterocycles. The van der Waals surface area contributed by atoms with Crippen molar-refractivity contribution in [3.63, 3.8) is 0 Å². The van der Waals surface area contributed by atoms with Gasteiger partial charge in [0.15, 0.2) is 15.5 Å². The molecule has 6 rings (SSSR count). The highest BCUT2D eigenvalue weighted by Crippen LogP contribution is 2.37. The fourth-order valence-electron chi connectivity index (χ4n) is 4.45. The minimum atomic E-state index is -3.39. The Morgan fingerprint density at radius 3 is 2.61 bits per heavy atom. The van der Waals surface area contributed by atoms with Gasteiger partial charge >= 0.3 is 0 Å². The summed E-state index contributed by atoms with van der Waals surface area (Å²) in [6.07, 6.45) is 5.58. The molecule has 0 N–H and O–H groups in total. The summed E-state index contributed by atoms with van der Waals surface area (Å²) in [6.45, 7) is 4.01. The zero-order valence-electron chi connectivity index (χ0n) is 19.7. The standard InChI is InChI=1S/C24H23ClFN7O2S/c1-13-14(2)29-23-22(28-13)21(18-6-3-16(25)9-19(18)26)30-24(31-23)32-7-8-36(34,35)20(12-32)15-10-27-33(11-15)17-4-5-17/h3,6,9-11,17,20H,4-5,7-8,12H2,1-2H3/t20-/m1/s1. The van der Waals surface area contributed by atoms with Gasteiger partial charge in [-0.25, -0.2) is 27.8 Å². The highest BCUT2D eigenvalue weighted by Gasteiger charge is 2.37. The third kappa shape index (κ3) is 4.09. The molecule has 1 aliphatic carbocycles. The first-order chi connectivity index (χ1) is 17.2. The van der Waals surface area contributed by atoms with Gasteiger partial charge in [0.05, 0.1) is 29.4 Å². The number of sulfone groups is 1. The van der Waals surface area contributed by atoms with Crippen LogP contribution in [0.3, 0.4) is 0 Å². The summed E-state index contributed by atoms with van der Waals surface area (Å²) in [7, 11) is -3.39. The molecule has 4 heterocycles. The Bertz CT molecular complexity index is 1620. The van der Waals surface area contributed by atoms with Crippen LogP contribution in [0, 0.1) is 19.7 Å². The molecule has 36 heavy (non-hydrogen) atoms. The normalized spacial score (nSPS) is 19.7. The molecule has 1 saturated heterocycles. The molecular formula is C24H23ClFN7O2S. The third-order valence-electron chi connectivity index (χ3n) is 6.78. The van der Waals surface area contributed by atoms with Crippen LogP contribution < -0.4 is 4.90 Å². The summed E-state index contributed by atoms with van der Waals surface area (Å²) in [5.41, 5.74) is 3.23. The lowest BCUT2D eigenvalue weighted by molar-refractivity contribution is 0.565. The van der Waals surface area contributed by atoms with Crippen LogP contribution in [0.25, 0.3) is 22.4 Å². The maximum atomic E-state index is 15.0. The van der Waals surface area contributed by atoms with Crippen molar-refractivity contribution in [2.75, 3.05) is 23.7 Å². The van der Waals surface area contributed by atoms with E-state index < -0.39 is 20.9 Å². The van der Waals surface area contributed by atoms with Gasteiger partial charge in [-0.2, -0.15) is 10.1 Å². The quantitative estimate of drug-likeness (QED) is 0.392. The second kappa shape index (κ2) is 8.45. The van der Waals surface area contributed by atoms with E-state index in [1.165, 1.54) is 6.07 Å². The van der Waals surface area contributed by atoms with Crippen molar-refractivity contribution >= 4 is 38.6 Å². The number of anilines is 1. The van der Waals surface area contributed by atoms with Crippen LogP contribution in [0.5, 0.6) is 0 Å². The van der Waals surface area contributed by atoms with Crippen LogP contribution >= 0.6 is 11.6 Å². The minimum absolute atomic E-state index is 0.0586. The van der Waals surface area contributed by atoms with Gasteiger partial charge in [0, 0.05) is 35.4 Å². The molecule has 0 spiro atoms. The molecule has 9 nitrogen and oxygen atoms in total. The number of fused-ring (bicyclic) bond motifs is 1. The van der Waals surface area contributed by atoms with E-state index in [0.717, 1.165) is 12.8 Å². The van der Waals surface area contributed by atoms with E-state index in [2.05, 4.69) is 25.0 Å². The molecule has 2 fully saturated rings. The second-order valence-electron chi connectivity index (χ2n) is 9.35. The van der Waals surface area contributed by atoms with E-state index in [1.807, 2.05) is 29.6 Å². The Morgan fingerprint density at radius 2 is 1.86 bits per heavy atom. The minimum Gasteiger partial charge on any atom is -0.338 e. The molecule has 0 radical (unpaired) electrons. The van der Waals surface area contributed by atoms with E-state index in [1.54, 1.807) is 18.3 Å². The van der Waals surface area contributed by atoms with Gasteiger partial charge in [0.2, 0.25) is 5.95 Å². The van der Waals surface area contributed by atoms with E-state index in [-0.39, 0.29) is 41.1 Å². The Labute approximate surface area is 212 Å². The summed E-state index contributed by atoms with van der Waals surface area (Å²) in [6, 6.07) is 4.71. The highest BCUT2D eigenvalue weighted by molar-refractivity contribution is 7.91. The molecule has 1 aromatic carbocycles. The van der Waals surface area contributed by atoms with Crippen molar-refractivity contribution in [3.05, 3.63) is 58.4 Å². The fraction of sp³-hybridized carbons (Fsp3) is 0.375. The lowest BCUT2D eigenvalue weighted by atomic mass is 10.1. The van der Waals surface area contributed by atoms with Crippen LogP contribution in [0.4, 0.5) is 10.3 Å². The molecular weight excluding hydrogens is 505 g/mol. The van der Waals surface area contributed by atoms with Gasteiger partial charge in [0.1, 0.15) is 22.3 Å². The molecule has 0 bridgehead atoms. The monoisotopic (exact) mass is 527 g/mol. The predicted octanol–water partition coefficient (Wildman–Crippen LogP) is 4.00. The maximum absolute atomic E-state index is 15.0. The smallest absolute Gasteiger partial charge is 0.228 e.